The lowest BCUT2D eigenvalue weighted by Gasteiger charge is -2.18. The number of amides is 2. The molecule has 0 saturated heterocycles. The van der Waals surface area contributed by atoms with Gasteiger partial charge in [0.1, 0.15) is 11.1 Å². The predicted molar refractivity (Wildman–Crippen MR) is 126 cm³/mol. The smallest absolute Gasteiger partial charge is 0.319 e. The first-order valence-corrected chi connectivity index (χ1v) is 11.7. The summed E-state index contributed by atoms with van der Waals surface area (Å²) in [5.41, 5.74) is 1.27. The van der Waals surface area contributed by atoms with Crippen molar-refractivity contribution in [1.29, 1.82) is 0 Å². The van der Waals surface area contributed by atoms with Crippen LogP contribution >= 0.6 is 23.1 Å². The van der Waals surface area contributed by atoms with Gasteiger partial charge in [0.25, 0.3) is 5.91 Å². The Kier molecular flexibility index (Phi) is 8.18. The summed E-state index contributed by atoms with van der Waals surface area (Å²) in [4.78, 5) is 42.8. The number of benzene rings is 2. The van der Waals surface area contributed by atoms with Crippen LogP contribution < -0.4 is 10.2 Å². The minimum atomic E-state index is -0.640. The number of thiazole rings is 1. The van der Waals surface area contributed by atoms with E-state index in [1.165, 1.54) is 40.5 Å². The van der Waals surface area contributed by atoms with Crippen molar-refractivity contribution in [3.63, 3.8) is 0 Å². The van der Waals surface area contributed by atoms with Gasteiger partial charge in [0, 0.05) is 12.2 Å². The minimum absolute atomic E-state index is 0.00831. The summed E-state index contributed by atoms with van der Waals surface area (Å²) in [5.74, 6) is -1.67. The maximum Gasteiger partial charge on any atom is 0.319 e. The van der Waals surface area contributed by atoms with Crippen LogP contribution in [-0.4, -0.2) is 46.9 Å². The van der Waals surface area contributed by atoms with E-state index < -0.39 is 23.6 Å². The first-order valence-electron chi connectivity index (χ1n) is 9.87. The summed E-state index contributed by atoms with van der Waals surface area (Å²) in [6, 6.07) is 13.0. The molecule has 3 aromatic rings. The Balaban J connectivity index is 1.46. The van der Waals surface area contributed by atoms with E-state index in [2.05, 4.69) is 10.3 Å². The van der Waals surface area contributed by atoms with Gasteiger partial charge in [-0.05, 0) is 50.2 Å². The average Bonchev–Trinajstić information content (AvgIpc) is 3.21. The molecule has 1 N–H and O–H groups in total. The Hall–Kier alpha value is -2.98. The molecular weight excluding hydrogens is 453 g/mol. The Bertz CT molecular complexity index is 1070. The zero-order valence-corrected chi connectivity index (χ0v) is 19.2. The van der Waals surface area contributed by atoms with E-state index >= 15 is 0 Å². The molecule has 0 aliphatic rings. The van der Waals surface area contributed by atoms with Crippen molar-refractivity contribution in [3.05, 3.63) is 54.3 Å². The van der Waals surface area contributed by atoms with Crippen LogP contribution in [0.25, 0.3) is 10.2 Å². The number of carbonyl (C=O) groups excluding carboxylic acids is 3. The number of anilines is 2. The Labute approximate surface area is 193 Å². The molecule has 0 aliphatic carbocycles. The summed E-state index contributed by atoms with van der Waals surface area (Å²) in [6.45, 7) is 3.41. The zero-order chi connectivity index (χ0) is 23.1. The number of carbonyl (C=O) groups is 3. The summed E-state index contributed by atoms with van der Waals surface area (Å²) in [5, 5.41) is 2.53. The number of aromatic nitrogens is 1. The fourth-order valence-electron chi connectivity index (χ4n) is 2.72. The quantitative estimate of drug-likeness (QED) is 0.469. The highest BCUT2D eigenvalue weighted by atomic mass is 32.2. The second-order valence-electron chi connectivity index (χ2n) is 6.72. The lowest BCUT2D eigenvalue weighted by atomic mass is 10.3. The number of ether oxygens (including phenoxy) is 1. The van der Waals surface area contributed by atoms with Crippen LogP contribution in [0.2, 0.25) is 0 Å². The van der Waals surface area contributed by atoms with Gasteiger partial charge in [-0.15, -0.1) is 11.8 Å². The molecular formula is C22H22FN3O4S2. The second-order valence-corrected chi connectivity index (χ2v) is 9.06. The van der Waals surface area contributed by atoms with Gasteiger partial charge >= 0.3 is 5.97 Å². The van der Waals surface area contributed by atoms with Gasteiger partial charge in [-0.2, -0.15) is 0 Å². The number of hydrogen-bond acceptors (Lipinski definition) is 7. The molecule has 0 radical (unpaired) electrons. The van der Waals surface area contributed by atoms with Crippen LogP contribution in [0, 0.1) is 5.82 Å². The number of para-hydroxylation sites is 1. The number of esters is 1. The number of thioether (sulfide) groups is 1. The topological polar surface area (TPSA) is 88.6 Å². The van der Waals surface area contributed by atoms with Gasteiger partial charge in [-0.3, -0.25) is 19.3 Å². The largest absolute Gasteiger partial charge is 0.455 e. The van der Waals surface area contributed by atoms with Crippen molar-refractivity contribution in [2.45, 2.75) is 19.1 Å². The molecule has 1 aromatic heterocycles. The zero-order valence-electron chi connectivity index (χ0n) is 17.5. The molecule has 0 saturated carbocycles. The van der Waals surface area contributed by atoms with Gasteiger partial charge in [0.2, 0.25) is 5.91 Å². The van der Waals surface area contributed by atoms with Gasteiger partial charge in [0.05, 0.1) is 16.0 Å². The average molecular weight is 476 g/mol. The van der Waals surface area contributed by atoms with Crippen LogP contribution in [0.3, 0.4) is 0 Å². The standard InChI is InChI=1S/C22H22FN3O4S2/c1-3-26(22-25-17-6-4-5-7-18(17)32-22)20(28)12-30-21(29)14(2)31-13-19(27)24-16-10-8-15(23)9-11-16/h4-11,14H,3,12-13H2,1-2H3,(H,24,27). The van der Waals surface area contributed by atoms with Crippen LogP contribution in [0.4, 0.5) is 15.2 Å². The highest BCUT2D eigenvalue weighted by molar-refractivity contribution is 8.01. The lowest BCUT2D eigenvalue weighted by Crippen LogP contribution is -2.35. The SMILES string of the molecule is CCN(C(=O)COC(=O)C(C)SCC(=O)Nc1ccc(F)cc1)c1nc2ccccc2s1. The number of nitrogens with zero attached hydrogens (tertiary/aromatic N) is 2. The molecule has 1 atom stereocenters. The van der Waals surface area contributed by atoms with Gasteiger partial charge in [-0.1, -0.05) is 23.5 Å². The molecule has 1 unspecified atom stereocenters. The van der Waals surface area contributed by atoms with Crippen molar-refractivity contribution in [2.24, 2.45) is 0 Å². The third-order valence-corrected chi connectivity index (χ3v) is 6.57. The van der Waals surface area contributed by atoms with Crippen molar-refractivity contribution >= 4 is 61.9 Å². The van der Waals surface area contributed by atoms with E-state index in [9.17, 15) is 18.8 Å². The first-order chi connectivity index (χ1) is 15.4. The maximum atomic E-state index is 12.9. The molecule has 168 valence electrons. The normalized spacial score (nSPS) is 11.7. The van der Waals surface area contributed by atoms with Crippen LogP contribution in [-0.2, 0) is 19.1 Å². The Morgan fingerprint density at radius 3 is 2.59 bits per heavy atom. The van der Waals surface area contributed by atoms with Crippen molar-refractivity contribution < 1.29 is 23.5 Å². The van der Waals surface area contributed by atoms with Crippen LogP contribution in [0.5, 0.6) is 0 Å². The van der Waals surface area contributed by atoms with Crippen molar-refractivity contribution in [1.82, 2.24) is 4.98 Å². The highest BCUT2D eigenvalue weighted by Crippen LogP contribution is 2.28. The van der Waals surface area contributed by atoms with Crippen LogP contribution in [0.1, 0.15) is 13.8 Å². The van der Waals surface area contributed by atoms with E-state index in [1.807, 2.05) is 31.2 Å². The van der Waals surface area contributed by atoms with E-state index in [4.69, 9.17) is 4.74 Å². The molecule has 2 aromatic carbocycles. The summed E-state index contributed by atoms with van der Waals surface area (Å²) in [7, 11) is 0. The summed E-state index contributed by atoms with van der Waals surface area (Å²) in [6.07, 6.45) is 0. The minimum Gasteiger partial charge on any atom is -0.455 e. The molecule has 0 spiro atoms. The molecule has 10 heteroatoms. The fourth-order valence-corrected chi connectivity index (χ4v) is 4.45. The summed E-state index contributed by atoms with van der Waals surface area (Å²) >= 11 is 2.48. The summed E-state index contributed by atoms with van der Waals surface area (Å²) < 4.78 is 19.0. The van der Waals surface area contributed by atoms with Crippen molar-refractivity contribution in [2.75, 3.05) is 29.1 Å². The number of hydrogen-bond donors (Lipinski definition) is 1. The lowest BCUT2D eigenvalue weighted by molar-refractivity contribution is -0.146. The number of halogens is 1. The van der Waals surface area contributed by atoms with Gasteiger partial charge < -0.3 is 10.1 Å². The third kappa shape index (κ3) is 6.27. The van der Waals surface area contributed by atoms with E-state index in [1.54, 1.807) is 6.92 Å². The number of nitrogens with one attached hydrogen (secondary N) is 1. The maximum absolute atomic E-state index is 12.9. The molecule has 3 rings (SSSR count). The Morgan fingerprint density at radius 2 is 1.91 bits per heavy atom. The fraction of sp³-hybridized carbons (Fsp3) is 0.273. The molecule has 0 aliphatic heterocycles. The predicted octanol–water partition coefficient (Wildman–Crippen LogP) is 4.09. The molecule has 0 bridgehead atoms. The first kappa shape index (κ1) is 23.7. The molecule has 7 nitrogen and oxygen atoms in total. The molecule has 1 heterocycles. The highest BCUT2D eigenvalue weighted by Gasteiger charge is 2.22. The van der Waals surface area contributed by atoms with Crippen molar-refractivity contribution in [3.8, 4) is 0 Å². The van der Waals surface area contributed by atoms with Gasteiger partial charge in [0.15, 0.2) is 11.7 Å². The number of likely N-dealkylation sites (N-methyl/N-ethyl adjacent to an activating group) is 1. The molecule has 32 heavy (non-hydrogen) atoms. The Morgan fingerprint density at radius 1 is 1.19 bits per heavy atom. The van der Waals surface area contributed by atoms with Crippen LogP contribution in [0.15, 0.2) is 48.5 Å². The van der Waals surface area contributed by atoms with E-state index in [0.29, 0.717) is 17.4 Å². The monoisotopic (exact) mass is 475 g/mol. The van der Waals surface area contributed by atoms with Gasteiger partial charge in [-0.25, -0.2) is 9.37 Å². The van der Waals surface area contributed by atoms with E-state index in [0.717, 1.165) is 22.0 Å². The van der Waals surface area contributed by atoms with E-state index in [-0.39, 0.29) is 17.6 Å². The molecule has 0 fully saturated rings. The second kappa shape index (κ2) is 11.1. The molecule has 2 amide bonds. The third-order valence-electron chi connectivity index (χ3n) is 4.39. The number of rotatable bonds is 9. The number of fused-ring (bicyclic) bond motifs is 1.